The number of ether oxygens (including phenoxy) is 2. The van der Waals surface area contributed by atoms with Gasteiger partial charge in [0.25, 0.3) is 0 Å². The number of hydrogen-bond donors (Lipinski definition) is 1. The monoisotopic (exact) mass is 330 g/mol. The maximum Gasteiger partial charge on any atom is 0.336 e. The summed E-state index contributed by atoms with van der Waals surface area (Å²) in [4.78, 5) is 0. The molecule has 0 radical (unpaired) electrons. The van der Waals surface area contributed by atoms with Crippen LogP contribution in [0.15, 0.2) is 12.1 Å². The van der Waals surface area contributed by atoms with Crippen molar-refractivity contribution in [3.05, 3.63) is 22.7 Å². The quantitative estimate of drug-likeness (QED) is 0.766. The van der Waals surface area contributed by atoms with E-state index in [1.165, 1.54) is 0 Å². The van der Waals surface area contributed by atoms with Crippen molar-refractivity contribution in [3.8, 4) is 11.5 Å². The Kier molecular flexibility index (Phi) is 6.10. The lowest BCUT2D eigenvalue weighted by molar-refractivity contribution is -0.193. The highest BCUT2D eigenvalue weighted by molar-refractivity contribution is 6.31. The minimum absolute atomic E-state index is 0.0443. The van der Waals surface area contributed by atoms with Gasteiger partial charge in [0.2, 0.25) is 0 Å². The van der Waals surface area contributed by atoms with Gasteiger partial charge in [-0.2, -0.15) is 8.78 Å². The van der Waals surface area contributed by atoms with Crippen molar-refractivity contribution < 1.29 is 32.1 Å². The van der Waals surface area contributed by atoms with Gasteiger partial charge in [0.1, 0.15) is 6.10 Å². The molecule has 0 aliphatic heterocycles. The predicted molar refractivity (Wildman–Crippen MR) is 69.7 cm³/mol. The van der Waals surface area contributed by atoms with Crippen LogP contribution in [0.25, 0.3) is 0 Å². The van der Waals surface area contributed by atoms with Crippen LogP contribution in [-0.4, -0.2) is 30.7 Å². The van der Waals surface area contributed by atoms with Gasteiger partial charge in [0.15, 0.2) is 11.5 Å². The van der Waals surface area contributed by atoms with E-state index in [1.807, 2.05) is 0 Å². The molecule has 8 heteroatoms. The van der Waals surface area contributed by atoms with Gasteiger partial charge in [-0.15, -0.1) is 0 Å². The van der Waals surface area contributed by atoms with Crippen LogP contribution in [0.3, 0.4) is 0 Å². The van der Waals surface area contributed by atoms with E-state index in [2.05, 4.69) is 0 Å². The second kappa shape index (κ2) is 7.17. The third-order valence-corrected chi connectivity index (χ3v) is 2.94. The third-order valence-electron chi connectivity index (χ3n) is 2.61. The summed E-state index contributed by atoms with van der Waals surface area (Å²) in [6.07, 6.45) is -6.77. The largest absolute Gasteiger partial charge is 0.490 e. The molecule has 1 rings (SSSR count). The molecule has 0 aromatic heterocycles. The van der Waals surface area contributed by atoms with Gasteiger partial charge in [-0.25, -0.2) is 8.78 Å². The molecule has 0 bridgehead atoms. The van der Waals surface area contributed by atoms with Gasteiger partial charge < -0.3 is 14.6 Å². The van der Waals surface area contributed by atoms with E-state index in [4.69, 9.17) is 21.1 Å². The molecule has 0 saturated carbocycles. The zero-order valence-corrected chi connectivity index (χ0v) is 12.1. The Balaban J connectivity index is 3.27. The van der Waals surface area contributed by atoms with Crippen LogP contribution < -0.4 is 9.47 Å². The van der Waals surface area contributed by atoms with Gasteiger partial charge in [-0.3, -0.25) is 0 Å². The molecule has 120 valence electrons. The summed E-state index contributed by atoms with van der Waals surface area (Å²) in [6.45, 7) is 3.81. The van der Waals surface area contributed by atoms with E-state index < -0.39 is 24.0 Å². The lowest BCUT2D eigenvalue weighted by atomic mass is 10.0. The number of aliphatic hydroxyl groups is 1. The normalized spacial score (nSPS) is 13.4. The first-order valence-corrected chi connectivity index (χ1v) is 6.56. The van der Waals surface area contributed by atoms with Crippen molar-refractivity contribution in [2.24, 2.45) is 0 Å². The highest BCUT2D eigenvalue weighted by Gasteiger charge is 2.49. The van der Waals surface area contributed by atoms with Crippen molar-refractivity contribution in [1.29, 1.82) is 0 Å². The molecule has 0 saturated heterocycles. The topological polar surface area (TPSA) is 38.7 Å². The lowest BCUT2D eigenvalue weighted by Gasteiger charge is -2.23. The smallest absolute Gasteiger partial charge is 0.336 e. The van der Waals surface area contributed by atoms with Crippen LogP contribution in [0.2, 0.25) is 5.02 Å². The number of aliphatic hydroxyl groups excluding tert-OH is 1. The number of benzene rings is 1. The van der Waals surface area contributed by atoms with E-state index in [9.17, 15) is 22.7 Å². The summed E-state index contributed by atoms with van der Waals surface area (Å²) in [5.41, 5.74) is -0.547. The van der Waals surface area contributed by atoms with Gasteiger partial charge in [0, 0.05) is 11.6 Å². The van der Waals surface area contributed by atoms with Crippen molar-refractivity contribution in [2.45, 2.75) is 32.3 Å². The predicted octanol–water partition coefficient (Wildman–Crippen LogP) is 4.07. The highest BCUT2D eigenvalue weighted by atomic mass is 35.5. The minimum atomic E-state index is -4.62. The van der Waals surface area contributed by atoms with Crippen molar-refractivity contribution in [3.63, 3.8) is 0 Å². The molecular formula is C13H15ClF4O3. The number of halogens is 5. The first kappa shape index (κ1) is 17.8. The maximum atomic E-state index is 13.2. The number of alkyl halides is 4. The summed E-state index contributed by atoms with van der Waals surface area (Å²) in [6, 6.07) is 2.13. The molecular weight excluding hydrogens is 316 g/mol. The molecule has 1 unspecified atom stereocenters. The van der Waals surface area contributed by atoms with E-state index in [0.717, 1.165) is 12.1 Å². The lowest BCUT2D eigenvalue weighted by Crippen LogP contribution is -2.34. The first-order chi connectivity index (χ1) is 9.75. The Morgan fingerprint density at radius 1 is 1.14 bits per heavy atom. The van der Waals surface area contributed by atoms with E-state index in [0.29, 0.717) is 0 Å². The Morgan fingerprint density at radius 2 is 1.62 bits per heavy atom. The Bertz CT molecular complexity index is 483. The summed E-state index contributed by atoms with van der Waals surface area (Å²) in [5, 5.41) is 9.19. The molecule has 0 amide bonds. The van der Waals surface area contributed by atoms with Crippen LogP contribution in [0, 0.1) is 0 Å². The standard InChI is InChI=1S/C13H15ClF4O3/c1-3-20-9-5-7(8(14)6-10(9)21-4-2)11(19)13(17,18)12(15)16/h5-6,11-12,19H,3-4H2,1-2H3. The Labute approximate surface area is 124 Å². The molecule has 21 heavy (non-hydrogen) atoms. The number of hydrogen-bond acceptors (Lipinski definition) is 3. The summed E-state index contributed by atoms with van der Waals surface area (Å²) >= 11 is 5.77. The molecule has 0 aliphatic rings. The zero-order valence-electron chi connectivity index (χ0n) is 11.4. The minimum Gasteiger partial charge on any atom is -0.490 e. The van der Waals surface area contributed by atoms with Crippen molar-refractivity contribution in [2.75, 3.05) is 13.2 Å². The molecule has 3 nitrogen and oxygen atoms in total. The number of rotatable bonds is 7. The van der Waals surface area contributed by atoms with Crippen LogP contribution in [0.4, 0.5) is 17.6 Å². The second-order valence-corrected chi connectivity index (χ2v) is 4.47. The third kappa shape index (κ3) is 3.91. The van der Waals surface area contributed by atoms with E-state index in [1.54, 1.807) is 13.8 Å². The fourth-order valence-corrected chi connectivity index (χ4v) is 1.88. The molecule has 1 N–H and O–H groups in total. The fourth-order valence-electron chi connectivity index (χ4n) is 1.62. The Morgan fingerprint density at radius 3 is 2.05 bits per heavy atom. The van der Waals surface area contributed by atoms with Gasteiger partial charge in [0.05, 0.1) is 18.2 Å². The van der Waals surface area contributed by atoms with Gasteiger partial charge in [-0.1, -0.05) is 11.6 Å². The molecule has 1 atom stereocenters. The first-order valence-electron chi connectivity index (χ1n) is 6.18. The molecule has 0 heterocycles. The molecule has 0 fully saturated rings. The molecule has 1 aromatic rings. The Hall–Kier alpha value is -1.21. The highest BCUT2D eigenvalue weighted by Crippen LogP contribution is 2.43. The van der Waals surface area contributed by atoms with Crippen molar-refractivity contribution in [1.82, 2.24) is 0 Å². The van der Waals surface area contributed by atoms with Gasteiger partial charge >= 0.3 is 12.3 Å². The van der Waals surface area contributed by atoms with Crippen LogP contribution in [-0.2, 0) is 0 Å². The average Bonchev–Trinajstić information content (AvgIpc) is 2.41. The van der Waals surface area contributed by atoms with Gasteiger partial charge in [-0.05, 0) is 19.9 Å². The van der Waals surface area contributed by atoms with E-state index in [-0.39, 0.29) is 29.7 Å². The molecule has 0 aliphatic carbocycles. The zero-order chi connectivity index (χ0) is 16.2. The SMILES string of the molecule is CCOc1cc(Cl)c(C(O)C(F)(F)C(F)F)cc1OCC. The van der Waals surface area contributed by atoms with Crippen LogP contribution in [0.5, 0.6) is 11.5 Å². The van der Waals surface area contributed by atoms with Crippen LogP contribution >= 0.6 is 11.6 Å². The fraction of sp³-hybridized carbons (Fsp3) is 0.538. The maximum absolute atomic E-state index is 13.2. The van der Waals surface area contributed by atoms with E-state index >= 15 is 0 Å². The average molecular weight is 331 g/mol. The summed E-state index contributed by atoms with van der Waals surface area (Å²) in [7, 11) is 0. The van der Waals surface area contributed by atoms with Crippen molar-refractivity contribution >= 4 is 11.6 Å². The molecule has 1 aromatic carbocycles. The summed E-state index contributed by atoms with van der Waals surface area (Å²) in [5.74, 6) is -4.40. The van der Waals surface area contributed by atoms with Crippen LogP contribution in [0.1, 0.15) is 25.5 Å². The second-order valence-electron chi connectivity index (χ2n) is 4.06. The summed E-state index contributed by atoms with van der Waals surface area (Å²) < 4.78 is 61.5. The molecule has 0 spiro atoms.